The molecule has 1 aliphatic heterocycles. The van der Waals surface area contributed by atoms with Gasteiger partial charge in [-0.25, -0.2) is 14.0 Å². The third-order valence-corrected chi connectivity index (χ3v) is 5.03. The Morgan fingerprint density at radius 3 is 2.32 bits per heavy atom. The number of anilines is 1. The van der Waals surface area contributed by atoms with E-state index in [0.29, 0.717) is 42.5 Å². The molecule has 0 aromatic heterocycles. The summed E-state index contributed by atoms with van der Waals surface area (Å²) in [6.07, 6.45) is 0. The maximum absolute atomic E-state index is 13.0. The molecule has 0 radical (unpaired) electrons. The lowest BCUT2D eigenvalue weighted by molar-refractivity contribution is -0.148. The minimum atomic E-state index is -0.624. The van der Waals surface area contributed by atoms with E-state index in [1.807, 2.05) is 11.0 Å². The lowest BCUT2D eigenvalue weighted by atomic mass is 10.0. The zero-order chi connectivity index (χ0) is 20.1. The van der Waals surface area contributed by atoms with Crippen LogP contribution in [0.1, 0.15) is 11.6 Å². The van der Waals surface area contributed by atoms with Gasteiger partial charge in [0.15, 0.2) is 0 Å². The van der Waals surface area contributed by atoms with Crippen LogP contribution in [0.4, 0.5) is 14.9 Å². The molecule has 1 atom stereocenters. The van der Waals surface area contributed by atoms with Crippen molar-refractivity contribution in [1.29, 1.82) is 0 Å². The molecular formula is C20H21ClFN3O3. The summed E-state index contributed by atoms with van der Waals surface area (Å²) in [6, 6.07) is 11.9. The van der Waals surface area contributed by atoms with Crippen LogP contribution >= 0.6 is 11.6 Å². The van der Waals surface area contributed by atoms with E-state index < -0.39 is 12.0 Å². The predicted octanol–water partition coefficient (Wildman–Crippen LogP) is 3.54. The molecule has 3 rings (SSSR count). The Balaban J connectivity index is 1.65. The average Bonchev–Trinajstić information content (AvgIpc) is 2.71. The molecule has 6 nitrogen and oxygen atoms in total. The number of halogens is 2. The van der Waals surface area contributed by atoms with E-state index in [0.717, 1.165) is 0 Å². The van der Waals surface area contributed by atoms with Gasteiger partial charge < -0.3 is 15.0 Å². The number of hydrogen-bond acceptors (Lipinski definition) is 4. The van der Waals surface area contributed by atoms with Gasteiger partial charge in [-0.15, -0.1) is 0 Å². The maximum Gasteiger partial charge on any atom is 0.327 e. The van der Waals surface area contributed by atoms with Gasteiger partial charge in [0.1, 0.15) is 11.9 Å². The second-order valence-electron chi connectivity index (χ2n) is 6.41. The topological polar surface area (TPSA) is 61.9 Å². The van der Waals surface area contributed by atoms with E-state index in [9.17, 15) is 14.0 Å². The number of piperazine rings is 1. The van der Waals surface area contributed by atoms with Gasteiger partial charge in [-0.2, -0.15) is 0 Å². The van der Waals surface area contributed by atoms with Crippen molar-refractivity contribution in [3.63, 3.8) is 0 Å². The number of esters is 1. The highest BCUT2D eigenvalue weighted by molar-refractivity contribution is 6.31. The summed E-state index contributed by atoms with van der Waals surface area (Å²) in [5.41, 5.74) is 1.21. The van der Waals surface area contributed by atoms with Crippen LogP contribution in [0.25, 0.3) is 0 Å². The molecule has 148 valence electrons. The van der Waals surface area contributed by atoms with Crippen LogP contribution < -0.4 is 5.32 Å². The number of nitrogens with one attached hydrogen (secondary N) is 1. The largest absolute Gasteiger partial charge is 0.468 e. The van der Waals surface area contributed by atoms with Crippen molar-refractivity contribution >= 4 is 29.3 Å². The lowest BCUT2D eigenvalue weighted by Crippen LogP contribution is -2.52. The van der Waals surface area contributed by atoms with Crippen LogP contribution in [0.15, 0.2) is 48.5 Å². The SMILES string of the molecule is COC(=O)C(c1ccccc1Cl)N1CCN(C(=O)Nc2ccc(F)cc2)CC1. The van der Waals surface area contributed by atoms with Gasteiger partial charge in [0, 0.05) is 36.9 Å². The number of carbonyl (C=O) groups is 2. The second-order valence-corrected chi connectivity index (χ2v) is 6.81. The highest BCUT2D eigenvalue weighted by Crippen LogP contribution is 2.29. The molecule has 2 aromatic rings. The molecule has 8 heteroatoms. The summed E-state index contributed by atoms with van der Waals surface area (Å²) in [6.45, 7) is 1.85. The van der Waals surface area contributed by atoms with Gasteiger partial charge in [-0.1, -0.05) is 29.8 Å². The molecule has 0 bridgehead atoms. The Bertz CT molecular complexity index is 839. The number of ether oxygens (including phenoxy) is 1. The molecule has 0 saturated carbocycles. The van der Waals surface area contributed by atoms with Crippen LogP contribution in [-0.4, -0.2) is 55.1 Å². The van der Waals surface area contributed by atoms with Crippen LogP contribution in [0.3, 0.4) is 0 Å². The molecule has 2 amide bonds. The molecular weight excluding hydrogens is 385 g/mol. The summed E-state index contributed by atoms with van der Waals surface area (Å²) in [5.74, 6) is -0.752. The van der Waals surface area contributed by atoms with Gasteiger partial charge in [-0.3, -0.25) is 4.90 Å². The Morgan fingerprint density at radius 2 is 1.71 bits per heavy atom. The summed E-state index contributed by atoms with van der Waals surface area (Å²) in [7, 11) is 1.35. The maximum atomic E-state index is 13.0. The summed E-state index contributed by atoms with van der Waals surface area (Å²) < 4.78 is 18.0. The zero-order valence-corrected chi connectivity index (χ0v) is 16.2. The standard InChI is InChI=1S/C20H21ClFN3O3/c1-28-19(26)18(16-4-2-3-5-17(16)21)24-10-12-25(13-11-24)20(27)23-15-8-6-14(22)7-9-15/h2-9,18H,10-13H2,1H3,(H,23,27). The predicted molar refractivity (Wildman–Crippen MR) is 105 cm³/mol. The smallest absolute Gasteiger partial charge is 0.327 e. The monoisotopic (exact) mass is 405 g/mol. The first-order valence-corrected chi connectivity index (χ1v) is 9.25. The summed E-state index contributed by atoms with van der Waals surface area (Å²) in [5, 5.41) is 3.24. The van der Waals surface area contributed by atoms with Crippen LogP contribution in [0.5, 0.6) is 0 Å². The van der Waals surface area contributed by atoms with Crippen molar-refractivity contribution in [3.05, 3.63) is 64.9 Å². The number of hydrogen-bond donors (Lipinski definition) is 1. The second kappa shape index (κ2) is 9.03. The number of benzene rings is 2. The van der Waals surface area contributed by atoms with Crippen molar-refractivity contribution in [2.24, 2.45) is 0 Å². The van der Waals surface area contributed by atoms with Gasteiger partial charge in [0.05, 0.1) is 7.11 Å². The number of amides is 2. The third kappa shape index (κ3) is 4.61. The van der Waals surface area contributed by atoms with E-state index in [-0.39, 0.29) is 11.8 Å². The van der Waals surface area contributed by atoms with Gasteiger partial charge >= 0.3 is 12.0 Å². The normalized spacial score (nSPS) is 15.8. The minimum absolute atomic E-state index is 0.265. The molecule has 1 fully saturated rings. The highest BCUT2D eigenvalue weighted by atomic mass is 35.5. The fraction of sp³-hybridized carbons (Fsp3) is 0.300. The van der Waals surface area contributed by atoms with Crippen LogP contribution in [-0.2, 0) is 9.53 Å². The van der Waals surface area contributed by atoms with E-state index in [1.54, 1.807) is 23.1 Å². The van der Waals surface area contributed by atoms with E-state index in [1.165, 1.54) is 31.4 Å². The molecule has 0 aliphatic carbocycles. The Hall–Kier alpha value is -2.64. The molecule has 28 heavy (non-hydrogen) atoms. The van der Waals surface area contributed by atoms with Crippen molar-refractivity contribution in [3.8, 4) is 0 Å². The van der Waals surface area contributed by atoms with Gasteiger partial charge in [-0.05, 0) is 35.9 Å². The Labute approximate surface area is 167 Å². The number of rotatable bonds is 4. The summed E-state index contributed by atoms with van der Waals surface area (Å²) >= 11 is 6.28. The van der Waals surface area contributed by atoms with E-state index in [4.69, 9.17) is 16.3 Å². The third-order valence-electron chi connectivity index (χ3n) is 4.69. The molecule has 1 unspecified atom stereocenters. The van der Waals surface area contributed by atoms with E-state index >= 15 is 0 Å². The average molecular weight is 406 g/mol. The molecule has 2 aromatic carbocycles. The number of urea groups is 1. The minimum Gasteiger partial charge on any atom is -0.468 e. The first kappa shape index (κ1) is 20.1. The fourth-order valence-electron chi connectivity index (χ4n) is 3.20. The molecule has 1 heterocycles. The highest BCUT2D eigenvalue weighted by Gasteiger charge is 2.33. The number of methoxy groups -OCH3 is 1. The van der Waals surface area contributed by atoms with Crippen molar-refractivity contribution in [2.45, 2.75) is 6.04 Å². The zero-order valence-electron chi connectivity index (χ0n) is 15.4. The summed E-state index contributed by atoms with van der Waals surface area (Å²) in [4.78, 5) is 28.4. The van der Waals surface area contributed by atoms with Gasteiger partial charge in [0.25, 0.3) is 0 Å². The van der Waals surface area contributed by atoms with E-state index in [2.05, 4.69) is 5.32 Å². The first-order valence-electron chi connectivity index (χ1n) is 8.87. The van der Waals surface area contributed by atoms with Crippen molar-refractivity contribution in [2.75, 3.05) is 38.6 Å². The molecule has 1 N–H and O–H groups in total. The quantitative estimate of drug-likeness (QED) is 0.790. The Morgan fingerprint density at radius 1 is 1.07 bits per heavy atom. The Kier molecular flexibility index (Phi) is 6.49. The first-order chi connectivity index (χ1) is 13.5. The molecule has 1 saturated heterocycles. The van der Waals surface area contributed by atoms with Gasteiger partial charge in [0.2, 0.25) is 0 Å². The fourth-order valence-corrected chi connectivity index (χ4v) is 3.44. The van der Waals surface area contributed by atoms with Crippen molar-refractivity contribution in [1.82, 2.24) is 9.80 Å². The molecule has 0 spiro atoms. The van der Waals surface area contributed by atoms with Crippen LogP contribution in [0, 0.1) is 5.82 Å². The lowest BCUT2D eigenvalue weighted by Gasteiger charge is -2.38. The van der Waals surface area contributed by atoms with Crippen molar-refractivity contribution < 1.29 is 18.7 Å². The number of nitrogens with zero attached hydrogens (tertiary/aromatic N) is 2. The number of carbonyl (C=O) groups excluding carboxylic acids is 2. The molecule has 1 aliphatic rings. The van der Waals surface area contributed by atoms with Crippen LogP contribution in [0.2, 0.25) is 5.02 Å².